The molecule has 0 aromatic rings. The highest BCUT2D eigenvalue weighted by Gasteiger charge is 2.60. The van der Waals surface area contributed by atoms with Gasteiger partial charge in [-0.25, -0.2) is 0 Å². The fourth-order valence-electron chi connectivity index (χ4n) is 9.51. The van der Waals surface area contributed by atoms with E-state index in [4.69, 9.17) is 4.43 Å². The standard InChI is InChI=1S/C30H56O2Si/c1-21(10-9-19-31)25-13-14-26-24-12-11-22-20-23(32-33(7,8)28(2,3)4)15-17-29(22,5)27(24)16-18-30(25,26)6/h21-27,31H,9-20H2,1-8H3/t21-,22-,23?,24-,25-,26+,27+,29+,30-/m1/s1. The highest BCUT2D eigenvalue weighted by molar-refractivity contribution is 6.74. The number of aliphatic hydroxyl groups excluding tert-OH is 1. The van der Waals surface area contributed by atoms with E-state index >= 15 is 0 Å². The van der Waals surface area contributed by atoms with Crippen LogP contribution in [-0.4, -0.2) is 26.1 Å². The van der Waals surface area contributed by atoms with Crippen LogP contribution in [0.15, 0.2) is 0 Å². The molecule has 192 valence electrons. The van der Waals surface area contributed by atoms with Gasteiger partial charge in [0.25, 0.3) is 0 Å². The van der Waals surface area contributed by atoms with Crippen molar-refractivity contribution in [2.24, 2.45) is 46.3 Å². The van der Waals surface area contributed by atoms with Crippen molar-refractivity contribution in [1.29, 1.82) is 0 Å². The second-order valence-electron chi connectivity index (χ2n) is 15.0. The first-order chi connectivity index (χ1) is 15.3. The molecular weight excluding hydrogens is 420 g/mol. The van der Waals surface area contributed by atoms with E-state index in [2.05, 4.69) is 54.6 Å². The number of hydrogen-bond acceptors (Lipinski definition) is 2. The normalized spacial score (nSPS) is 44.6. The Labute approximate surface area is 207 Å². The van der Waals surface area contributed by atoms with Gasteiger partial charge in [0.1, 0.15) is 0 Å². The van der Waals surface area contributed by atoms with Gasteiger partial charge in [-0.3, -0.25) is 0 Å². The Kier molecular flexibility index (Phi) is 7.32. The Hall–Kier alpha value is 0.137. The van der Waals surface area contributed by atoms with Crippen molar-refractivity contribution >= 4 is 8.32 Å². The average molecular weight is 477 g/mol. The Morgan fingerprint density at radius 2 is 1.61 bits per heavy atom. The van der Waals surface area contributed by atoms with Crippen molar-refractivity contribution in [2.45, 2.75) is 136 Å². The third-order valence-electron chi connectivity index (χ3n) is 12.5. The molecular formula is C30H56O2Si. The van der Waals surface area contributed by atoms with Crippen molar-refractivity contribution in [3.63, 3.8) is 0 Å². The quantitative estimate of drug-likeness (QED) is 0.390. The summed E-state index contributed by atoms with van der Waals surface area (Å²) in [5, 5.41) is 9.67. The first-order valence-corrected chi connectivity index (χ1v) is 17.5. The minimum atomic E-state index is -1.68. The van der Waals surface area contributed by atoms with Crippen LogP contribution in [-0.2, 0) is 4.43 Å². The van der Waals surface area contributed by atoms with Crippen LogP contribution in [0.4, 0.5) is 0 Å². The summed E-state index contributed by atoms with van der Waals surface area (Å²) < 4.78 is 6.95. The van der Waals surface area contributed by atoms with E-state index < -0.39 is 8.32 Å². The van der Waals surface area contributed by atoms with Gasteiger partial charge in [0.15, 0.2) is 8.32 Å². The van der Waals surface area contributed by atoms with Crippen molar-refractivity contribution in [3.8, 4) is 0 Å². The maximum atomic E-state index is 9.36. The molecule has 0 saturated heterocycles. The molecule has 0 spiro atoms. The topological polar surface area (TPSA) is 29.5 Å². The van der Waals surface area contributed by atoms with Crippen molar-refractivity contribution in [3.05, 3.63) is 0 Å². The second-order valence-corrected chi connectivity index (χ2v) is 19.8. The zero-order chi connectivity index (χ0) is 24.2. The molecule has 3 heteroatoms. The molecule has 1 unspecified atom stereocenters. The Morgan fingerprint density at radius 1 is 0.939 bits per heavy atom. The van der Waals surface area contributed by atoms with Crippen LogP contribution in [0.1, 0.15) is 112 Å². The Balaban J connectivity index is 1.45. The molecule has 0 aliphatic heterocycles. The van der Waals surface area contributed by atoms with Gasteiger partial charge in [-0.1, -0.05) is 41.5 Å². The molecule has 0 radical (unpaired) electrons. The number of hydrogen-bond donors (Lipinski definition) is 1. The third-order valence-corrected chi connectivity index (χ3v) is 17.0. The van der Waals surface area contributed by atoms with Crippen molar-refractivity contribution in [1.82, 2.24) is 0 Å². The maximum Gasteiger partial charge on any atom is 0.192 e. The largest absolute Gasteiger partial charge is 0.414 e. The van der Waals surface area contributed by atoms with Crippen LogP contribution in [0.2, 0.25) is 18.1 Å². The van der Waals surface area contributed by atoms with Crippen molar-refractivity contribution in [2.75, 3.05) is 6.61 Å². The van der Waals surface area contributed by atoms with Crippen LogP contribution in [0, 0.1) is 46.3 Å². The summed E-state index contributed by atoms with van der Waals surface area (Å²) in [6.45, 7) is 20.3. The molecule has 0 aromatic carbocycles. The summed E-state index contributed by atoms with van der Waals surface area (Å²) in [6, 6.07) is 0. The summed E-state index contributed by atoms with van der Waals surface area (Å²) in [6.07, 6.45) is 15.5. The lowest BCUT2D eigenvalue weighted by atomic mass is 9.44. The molecule has 0 bridgehead atoms. The van der Waals surface area contributed by atoms with Crippen LogP contribution < -0.4 is 0 Å². The molecule has 4 saturated carbocycles. The highest BCUT2D eigenvalue weighted by atomic mass is 28.4. The predicted molar refractivity (Wildman–Crippen MR) is 143 cm³/mol. The lowest BCUT2D eigenvalue weighted by molar-refractivity contribution is -0.127. The van der Waals surface area contributed by atoms with E-state index in [1.807, 2.05) is 0 Å². The van der Waals surface area contributed by atoms with Crippen LogP contribution in [0.5, 0.6) is 0 Å². The Bertz CT molecular complexity index is 683. The zero-order valence-corrected chi connectivity index (χ0v) is 24.4. The van der Waals surface area contributed by atoms with Gasteiger partial charge in [0, 0.05) is 12.7 Å². The van der Waals surface area contributed by atoms with Crippen molar-refractivity contribution < 1.29 is 9.53 Å². The van der Waals surface area contributed by atoms with Crippen LogP contribution in [0.3, 0.4) is 0 Å². The van der Waals surface area contributed by atoms with Gasteiger partial charge in [-0.05, 0) is 135 Å². The minimum Gasteiger partial charge on any atom is -0.414 e. The molecule has 9 atom stereocenters. The molecule has 0 heterocycles. The monoisotopic (exact) mass is 476 g/mol. The first kappa shape index (κ1) is 26.2. The van der Waals surface area contributed by atoms with Gasteiger partial charge in [-0.2, -0.15) is 0 Å². The molecule has 4 fully saturated rings. The SMILES string of the molecule is C[C@H](CCCO)[C@H]1CC[C@H]2[C@H]3CC[C@@H]4CC(O[Si](C)(C)C(C)(C)C)CC[C@]4(C)[C@H]3CC[C@]12C. The summed E-state index contributed by atoms with van der Waals surface area (Å²) in [5.41, 5.74) is 1.11. The van der Waals surface area contributed by atoms with Gasteiger partial charge in [0.05, 0.1) is 0 Å². The van der Waals surface area contributed by atoms with E-state index in [1.54, 1.807) is 0 Å². The van der Waals surface area contributed by atoms with E-state index in [0.29, 0.717) is 28.6 Å². The lowest BCUT2D eigenvalue weighted by Gasteiger charge is -2.61. The lowest BCUT2D eigenvalue weighted by Crippen LogP contribution is -2.55. The smallest absolute Gasteiger partial charge is 0.192 e. The van der Waals surface area contributed by atoms with E-state index in [9.17, 15) is 5.11 Å². The molecule has 4 aliphatic rings. The summed E-state index contributed by atoms with van der Waals surface area (Å²) in [5.74, 6) is 5.42. The minimum absolute atomic E-state index is 0.312. The fraction of sp³-hybridized carbons (Fsp3) is 1.00. The van der Waals surface area contributed by atoms with Gasteiger partial charge < -0.3 is 9.53 Å². The molecule has 4 rings (SSSR count). The molecule has 0 amide bonds. The highest BCUT2D eigenvalue weighted by Crippen LogP contribution is 2.68. The van der Waals surface area contributed by atoms with E-state index in [0.717, 1.165) is 41.9 Å². The molecule has 2 nitrogen and oxygen atoms in total. The van der Waals surface area contributed by atoms with Crippen LogP contribution in [0.25, 0.3) is 0 Å². The number of rotatable bonds is 6. The van der Waals surface area contributed by atoms with Gasteiger partial charge in [0.2, 0.25) is 0 Å². The molecule has 1 N–H and O–H groups in total. The Morgan fingerprint density at radius 3 is 2.27 bits per heavy atom. The zero-order valence-electron chi connectivity index (χ0n) is 23.4. The molecule has 33 heavy (non-hydrogen) atoms. The summed E-state index contributed by atoms with van der Waals surface area (Å²) in [7, 11) is -1.68. The average Bonchev–Trinajstić information content (AvgIpc) is 3.08. The first-order valence-electron chi connectivity index (χ1n) is 14.6. The van der Waals surface area contributed by atoms with Gasteiger partial charge in [-0.15, -0.1) is 0 Å². The third kappa shape index (κ3) is 4.55. The fourth-order valence-corrected chi connectivity index (χ4v) is 10.9. The van der Waals surface area contributed by atoms with Crippen LogP contribution >= 0.6 is 0 Å². The predicted octanol–water partition coefficient (Wildman–Crippen LogP) is 8.44. The second kappa shape index (κ2) is 9.22. The van der Waals surface area contributed by atoms with E-state index in [1.165, 1.54) is 64.2 Å². The van der Waals surface area contributed by atoms with Gasteiger partial charge >= 0.3 is 0 Å². The molecule has 0 aromatic heterocycles. The number of aliphatic hydroxyl groups is 1. The maximum absolute atomic E-state index is 9.36. The molecule has 4 aliphatic carbocycles. The summed E-state index contributed by atoms with van der Waals surface area (Å²) in [4.78, 5) is 0. The summed E-state index contributed by atoms with van der Waals surface area (Å²) >= 11 is 0. The number of fused-ring (bicyclic) bond motifs is 5. The van der Waals surface area contributed by atoms with E-state index in [-0.39, 0.29) is 0 Å².